The Bertz CT molecular complexity index is 540. The molecule has 0 bridgehead atoms. The monoisotopic (exact) mass is 281 g/mol. The molecule has 0 heterocycles. The van der Waals surface area contributed by atoms with Crippen LogP contribution in [-0.2, 0) is 15.4 Å². The van der Waals surface area contributed by atoms with Crippen LogP contribution < -0.4 is 4.72 Å². The van der Waals surface area contributed by atoms with Crippen LogP contribution in [0, 0.1) is 5.92 Å². The highest BCUT2D eigenvalue weighted by atomic mass is 32.2. The van der Waals surface area contributed by atoms with Gasteiger partial charge in [-0.2, -0.15) is 0 Å². The lowest BCUT2D eigenvalue weighted by Crippen LogP contribution is -2.26. The zero-order valence-corrected chi connectivity index (χ0v) is 12.8. The third-order valence-electron chi connectivity index (χ3n) is 3.68. The summed E-state index contributed by atoms with van der Waals surface area (Å²) in [6.07, 6.45) is 3.26. The molecular formula is C15H23NO2S. The van der Waals surface area contributed by atoms with Crippen LogP contribution in [0.15, 0.2) is 24.3 Å². The zero-order valence-electron chi connectivity index (χ0n) is 11.9. The topological polar surface area (TPSA) is 46.2 Å². The zero-order chi connectivity index (χ0) is 14.1. The van der Waals surface area contributed by atoms with E-state index >= 15 is 0 Å². The standard InChI is InChI=1S/C15H23NO2S/c1-15(2,3)13-8-5-9-14(10-13)16-19(17,18)11-12-6-4-7-12/h5,8-10,12,16H,4,6-7,11H2,1-3H3. The number of rotatable bonds is 4. The predicted molar refractivity (Wildman–Crippen MR) is 79.9 cm³/mol. The molecule has 19 heavy (non-hydrogen) atoms. The van der Waals surface area contributed by atoms with Crippen molar-refractivity contribution < 1.29 is 8.42 Å². The lowest BCUT2D eigenvalue weighted by atomic mass is 9.87. The Hall–Kier alpha value is -1.03. The Morgan fingerprint density at radius 1 is 1.26 bits per heavy atom. The third kappa shape index (κ3) is 3.96. The molecule has 1 aliphatic carbocycles. The molecule has 2 rings (SSSR count). The molecule has 106 valence electrons. The van der Waals surface area contributed by atoms with Crippen LogP contribution in [0.1, 0.15) is 45.6 Å². The normalized spacial score (nSPS) is 17.0. The Morgan fingerprint density at radius 3 is 2.47 bits per heavy atom. The lowest BCUT2D eigenvalue weighted by molar-refractivity contribution is 0.347. The summed E-state index contributed by atoms with van der Waals surface area (Å²) in [7, 11) is -3.21. The van der Waals surface area contributed by atoms with Crippen molar-refractivity contribution in [2.45, 2.75) is 45.4 Å². The summed E-state index contributed by atoms with van der Waals surface area (Å²) in [5.41, 5.74) is 1.83. The number of anilines is 1. The van der Waals surface area contributed by atoms with Crippen molar-refractivity contribution in [3.63, 3.8) is 0 Å². The summed E-state index contributed by atoms with van der Waals surface area (Å²) >= 11 is 0. The second-order valence-electron chi connectivity index (χ2n) is 6.51. The average Bonchev–Trinajstić information content (AvgIpc) is 2.22. The maximum absolute atomic E-state index is 12.1. The van der Waals surface area contributed by atoms with Gasteiger partial charge in [0.05, 0.1) is 5.75 Å². The predicted octanol–water partition coefficient (Wildman–Crippen LogP) is 3.53. The van der Waals surface area contributed by atoms with E-state index in [0.717, 1.165) is 18.4 Å². The molecule has 0 amide bonds. The molecule has 1 aromatic carbocycles. The minimum atomic E-state index is -3.21. The number of benzene rings is 1. The van der Waals surface area contributed by atoms with Crippen LogP contribution in [0.2, 0.25) is 0 Å². The highest BCUT2D eigenvalue weighted by molar-refractivity contribution is 7.92. The van der Waals surface area contributed by atoms with Gasteiger partial charge in [-0.1, -0.05) is 39.3 Å². The van der Waals surface area contributed by atoms with Crippen molar-refractivity contribution in [3.05, 3.63) is 29.8 Å². The van der Waals surface area contributed by atoms with Crippen molar-refractivity contribution in [2.75, 3.05) is 10.5 Å². The average molecular weight is 281 g/mol. The first-order chi connectivity index (χ1) is 8.76. The summed E-state index contributed by atoms with van der Waals surface area (Å²) < 4.78 is 26.8. The fourth-order valence-corrected chi connectivity index (χ4v) is 3.76. The molecule has 0 saturated heterocycles. The maximum atomic E-state index is 12.1. The summed E-state index contributed by atoms with van der Waals surface area (Å²) in [4.78, 5) is 0. The van der Waals surface area contributed by atoms with E-state index in [4.69, 9.17) is 0 Å². The van der Waals surface area contributed by atoms with Crippen molar-refractivity contribution in [1.82, 2.24) is 0 Å². The van der Waals surface area contributed by atoms with Gasteiger partial charge in [0.25, 0.3) is 0 Å². The van der Waals surface area contributed by atoms with E-state index in [1.807, 2.05) is 24.3 Å². The number of hydrogen-bond acceptors (Lipinski definition) is 2. The van der Waals surface area contributed by atoms with Crippen LogP contribution >= 0.6 is 0 Å². The Balaban J connectivity index is 2.10. The van der Waals surface area contributed by atoms with Gasteiger partial charge in [-0.05, 0) is 41.9 Å². The highest BCUT2D eigenvalue weighted by Crippen LogP contribution is 2.29. The van der Waals surface area contributed by atoms with Gasteiger partial charge >= 0.3 is 0 Å². The molecule has 0 spiro atoms. The highest BCUT2D eigenvalue weighted by Gasteiger charge is 2.24. The molecule has 0 unspecified atom stereocenters. The van der Waals surface area contributed by atoms with Gasteiger partial charge in [-0.15, -0.1) is 0 Å². The van der Waals surface area contributed by atoms with Crippen molar-refractivity contribution in [3.8, 4) is 0 Å². The Labute approximate surface area is 116 Å². The third-order valence-corrected chi connectivity index (χ3v) is 5.14. The number of nitrogens with one attached hydrogen (secondary N) is 1. The van der Waals surface area contributed by atoms with Gasteiger partial charge < -0.3 is 0 Å². The van der Waals surface area contributed by atoms with Crippen LogP contribution in [0.3, 0.4) is 0 Å². The van der Waals surface area contributed by atoms with Crippen molar-refractivity contribution >= 4 is 15.7 Å². The minimum Gasteiger partial charge on any atom is -0.284 e. The molecule has 0 radical (unpaired) electrons. The van der Waals surface area contributed by atoms with Gasteiger partial charge in [0.2, 0.25) is 10.0 Å². The molecule has 3 nitrogen and oxygen atoms in total. The molecule has 0 atom stereocenters. The quantitative estimate of drug-likeness (QED) is 0.917. The van der Waals surface area contributed by atoms with E-state index in [2.05, 4.69) is 25.5 Å². The van der Waals surface area contributed by atoms with E-state index < -0.39 is 10.0 Å². The summed E-state index contributed by atoms with van der Waals surface area (Å²) in [5, 5.41) is 0. The van der Waals surface area contributed by atoms with Gasteiger partial charge in [-0.25, -0.2) is 8.42 Å². The van der Waals surface area contributed by atoms with Gasteiger partial charge in [0, 0.05) is 5.69 Å². The molecule has 1 fully saturated rings. The summed E-state index contributed by atoms with van der Waals surface area (Å²) in [6.45, 7) is 6.36. The van der Waals surface area contributed by atoms with Gasteiger partial charge in [0.1, 0.15) is 0 Å². The molecule has 1 aliphatic rings. The first kappa shape index (κ1) is 14.4. The Morgan fingerprint density at radius 2 is 1.95 bits per heavy atom. The van der Waals surface area contributed by atoms with Crippen LogP contribution in [0.5, 0.6) is 0 Å². The fourth-order valence-electron chi connectivity index (χ4n) is 2.24. The summed E-state index contributed by atoms with van der Waals surface area (Å²) in [6, 6.07) is 7.68. The van der Waals surface area contributed by atoms with Crippen molar-refractivity contribution in [1.29, 1.82) is 0 Å². The van der Waals surface area contributed by atoms with Crippen molar-refractivity contribution in [2.24, 2.45) is 5.92 Å². The van der Waals surface area contributed by atoms with Crippen LogP contribution in [0.4, 0.5) is 5.69 Å². The van der Waals surface area contributed by atoms with E-state index in [1.165, 1.54) is 6.42 Å². The number of sulfonamides is 1. The molecule has 4 heteroatoms. The molecular weight excluding hydrogens is 258 g/mol. The minimum absolute atomic E-state index is 0.0232. The van der Waals surface area contributed by atoms with E-state index in [0.29, 0.717) is 11.6 Å². The lowest BCUT2D eigenvalue weighted by Gasteiger charge is -2.25. The van der Waals surface area contributed by atoms with Gasteiger partial charge in [-0.3, -0.25) is 4.72 Å². The van der Waals surface area contributed by atoms with E-state index in [-0.39, 0.29) is 11.2 Å². The largest absolute Gasteiger partial charge is 0.284 e. The maximum Gasteiger partial charge on any atom is 0.232 e. The fraction of sp³-hybridized carbons (Fsp3) is 0.600. The smallest absolute Gasteiger partial charge is 0.232 e. The van der Waals surface area contributed by atoms with Crippen LogP contribution in [0.25, 0.3) is 0 Å². The SMILES string of the molecule is CC(C)(C)c1cccc(NS(=O)(=O)CC2CCC2)c1. The van der Waals surface area contributed by atoms with E-state index in [9.17, 15) is 8.42 Å². The molecule has 0 aliphatic heterocycles. The summed E-state index contributed by atoms with van der Waals surface area (Å²) in [5.74, 6) is 0.607. The first-order valence-electron chi connectivity index (χ1n) is 6.87. The number of hydrogen-bond donors (Lipinski definition) is 1. The molecule has 0 aromatic heterocycles. The molecule has 1 N–H and O–H groups in total. The second kappa shape index (κ2) is 5.16. The second-order valence-corrected chi connectivity index (χ2v) is 8.28. The van der Waals surface area contributed by atoms with Gasteiger partial charge in [0.15, 0.2) is 0 Å². The Kier molecular flexibility index (Phi) is 3.90. The first-order valence-corrected chi connectivity index (χ1v) is 8.52. The molecule has 1 aromatic rings. The molecule has 1 saturated carbocycles. The van der Waals surface area contributed by atoms with Crippen LogP contribution in [-0.4, -0.2) is 14.2 Å². The van der Waals surface area contributed by atoms with E-state index in [1.54, 1.807) is 0 Å².